The minimum absolute atomic E-state index is 0.206. The average molecular weight is 533 g/mol. The molecule has 2 heterocycles. The molecule has 0 aliphatic heterocycles. The summed E-state index contributed by atoms with van der Waals surface area (Å²) in [5.74, 6) is -0.465. The van der Waals surface area contributed by atoms with Crippen LogP contribution >= 0.6 is 15.9 Å². The van der Waals surface area contributed by atoms with Gasteiger partial charge in [0.1, 0.15) is 11.2 Å². The minimum atomic E-state index is -1.27. The van der Waals surface area contributed by atoms with Gasteiger partial charge < -0.3 is 31.8 Å². The Hall–Kier alpha value is -3.87. The van der Waals surface area contributed by atoms with Gasteiger partial charge in [0.05, 0.1) is 16.4 Å². The molecule has 0 radical (unpaired) electrons. The van der Waals surface area contributed by atoms with Crippen molar-refractivity contribution in [2.75, 3.05) is 23.7 Å². The number of carbonyl (C=O) groups is 2. The predicted molar refractivity (Wildman–Crippen MR) is 130 cm³/mol. The number of anilines is 3. The Labute approximate surface area is 203 Å². The van der Waals surface area contributed by atoms with Crippen molar-refractivity contribution in [1.82, 2.24) is 24.8 Å². The van der Waals surface area contributed by atoms with Gasteiger partial charge in [0.25, 0.3) is 0 Å². The molecule has 7 N–H and O–H groups in total. The van der Waals surface area contributed by atoms with Gasteiger partial charge in [-0.2, -0.15) is 4.98 Å². The molecule has 34 heavy (non-hydrogen) atoms. The largest absolute Gasteiger partial charge is 0.493 e. The lowest BCUT2D eigenvalue weighted by Crippen LogP contribution is -2.46. The fourth-order valence-corrected chi connectivity index (χ4v) is 3.17. The van der Waals surface area contributed by atoms with E-state index in [2.05, 4.69) is 46.8 Å². The van der Waals surface area contributed by atoms with Crippen LogP contribution in [0.5, 0.6) is 5.88 Å². The maximum absolute atomic E-state index is 12.0. The molecule has 0 fully saturated rings. The van der Waals surface area contributed by atoms with E-state index in [9.17, 15) is 19.5 Å². The van der Waals surface area contributed by atoms with Crippen LogP contribution in [0, 0.1) is 5.41 Å². The standard InChI is InChI=1S/C21H25BrN8O4/c1-21(2,17(23)32)18(33)25-8-4-7-24-16-14(22)10-26-19(29-16)28-12-5-3-6-13(9-12)30-15(31)11-27-20(30)34/h3,5-6,9-11,31H,4,7-8H2,1-2H3,(H2,23,32)(H,25,33)(H,27,34)(H2,24,26,28,29). The zero-order chi connectivity index (χ0) is 24.9. The lowest BCUT2D eigenvalue weighted by molar-refractivity contribution is -0.139. The van der Waals surface area contributed by atoms with Crippen molar-refractivity contribution >= 4 is 45.2 Å². The highest BCUT2D eigenvalue weighted by atomic mass is 79.9. The van der Waals surface area contributed by atoms with E-state index in [1.54, 1.807) is 30.5 Å². The Balaban J connectivity index is 1.59. The summed E-state index contributed by atoms with van der Waals surface area (Å²) in [6.45, 7) is 3.81. The third-order valence-electron chi connectivity index (χ3n) is 4.98. The number of aromatic nitrogens is 4. The first kappa shape index (κ1) is 24.8. The smallest absolute Gasteiger partial charge is 0.333 e. The Bertz CT molecular complexity index is 1250. The Morgan fingerprint density at radius 3 is 2.74 bits per heavy atom. The fourth-order valence-electron chi connectivity index (χ4n) is 2.84. The number of amides is 2. The molecule has 2 aromatic heterocycles. The van der Waals surface area contributed by atoms with E-state index >= 15 is 0 Å². The van der Waals surface area contributed by atoms with Gasteiger partial charge in [-0.1, -0.05) is 6.07 Å². The zero-order valence-corrected chi connectivity index (χ0v) is 20.1. The number of aromatic hydroxyl groups is 1. The lowest BCUT2D eigenvalue weighted by atomic mass is 9.91. The van der Waals surface area contributed by atoms with Crippen molar-refractivity contribution in [2.24, 2.45) is 11.1 Å². The van der Waals surface area contributed by atoms with Crippen LogP contribution in [0.4, 0.5) is 17.5 Å². The first-order chi connectivity index (χ1) is 16.1. The summed E-state index contributed by atoms with van der Waals surface area (Å²) < 4.78 is 1.78. The number of halogens is 1. The molecule has 0 atom stereocenters. The van der Waals surface area contributed by atoms with Crippen LogP contribution in [0.1, 0.15) is 20.3 Å². The Morgan fingerprint density at radius 2 is 2.06 bits per heavy atom. The van der Waals surface area contributed by atoms with E-state index in [0.717, 1.165) is 4.57 Å². The van der Waals surface area contributed by atoms with Crippen molar-refractivity contribution in [3.63, 3.8) is 0 Å². The first-order valence-electron chi connectivity index (χ1n) is 10.3. The number of benzene rings is 1. The number of primary amides is 1. The van der Waals surface area contributed by atoms with Gasteiger partial charge in [0.2, 0.25) is 23.6 Å². The fraction of sp³-hybridized carbons (Fsp3) is 0.286. The highest BCUT2D eigenvalue weighted by Crippen LogP contribution is 2.23. The van der Waals surface area contributed by atoms with Crippen LogP contribution in [0.15, 0.2) is 45.9 Å². The molecule has 0 unspecified atom stereocenters. The highest BCUT2D eigenvalue weighted by Gasteiger charge is 2.33. The van der Waals surface area contributed by atoms with E-state index < -0.39 is 22.9 Å². The van der Waals surface area contributed by atoms with Crippen molar-refractivity contribution < 1.29 is 14.7 Å². The van der Waals surface area contributed by atoms with Gasteiger partial charge in [-0.25, -0.2) is 14.3 Å². The van der Waals surface area contributed by atoms with Crippen molar-refractivity contribution in [3.05, 3.63) is 51.6 Å². The molecule has 0 bridgehead atoms. The number of hydrogen-bond acceptors (Lipinski definition) is 8. The van der Waals surface area contributed by atoms with E-state index in [1.807, 2.05) is 0 Å². The second kappa shape index (κ2) is 10.4. The zero-order valence-electron chi connectivity index (χ0n) is 18.6. The molecule has 1 aromatic carbocycles. The molecular formula is C21H25BrN8O4. The molecule has 0 aliphatic rings. The lowest BCUT2D eigenvalue weighted by Gasteiger charge is -2.19. The van der Waals surface area contributed by atoms with Gasteiger partial charge in [0, 0.05) is 25.0 Å². The van der Waals surface area contributed by atoms with Crippen LogP contribution < -0.4 is 27.4 Å². The van der Waals surface area contributed by atoms with Gasteiger partial charge in [-0.15, -0.1) is 0 Å². The molecule has 0 saturated carbocycles. The van der Waals surface area contributed by atoms with Gasteiger partial charge >= 0.3 is 5.69 Å². The number of carbonyl (C=O) groups excluding carboxylic acids is 2. The maximum atomic E-state index is 12.0. The van der Waals surface area contributed by atoms with Crippen LogP contribution in [-0.4, -0.2) is 49.5 Å². The van der Waals surface area contributed by atoms with Gasteiger partial charge in [0.15, 0.2) is 0 Å². The van der Waals surface area contributed by atoms with Gasteiger partial charge in [-0.3, -0.25) is 9.59 Å². The molecule has 2 amide bonds. The molecule has 3 rings (SSSR count). The number of aromatic amines is 1. The third kappa shape index (κ3) is 5.73. The van der Waals surface area contributed by atoms with Gasteiger partial charge in [-0.05, 0) is 54.4 Å². The first-order valence-corrected chi connectivity index (χ1v) is 11.1. The number of nitrogens with two attached hydrogens (primary N) is 1. The summed E-state index contributed by atoms with van der Waals surface area (Å²) in [4.78, 5) is 46.4. The van der Waals surface area contributed by atoms with Crippen LogP contribution in [0.3, 0.4) is 0 Å². The molecular weight excluding hydrogens is 508 g/mol. The van der Waals surface area contributed by atoms with E-state index in [4.69, 9.17) is 5.73 Å². The van der Waals surface area contributed by atoms with E-state index in [0.29, 0.717) is 47.1 Å². The Morgan fingerprint density at radius 1 is 1.29 bits per heavy atom. The third-order valence-corrected chi connectivity index (χ3v) is 5.56. The second-order valence-electron chi connectivity index (χ2n) is 7.88. The van der Waals surface area contributed by atoms with Crippen LogP contribution in [0.2, 0.25) is 0 Å². The highest BCUT2D eigenvalue weighted by molar-refractivity contribution is 9.10. The average Bonchev–Trinajstić information content (AvgIpc) is 3.13. The molecule has 3 aromatic rings. The summed E-state index contributed by atoms with van der Waals surface area (Å²) in [5, 5.41) is 18.8. The molecule has 0 saturated heterocycles. The monoisotopic (exact) mass is 532 g/mol. The number of imidazole rings is 1. The quantitative estimate of drug-likeness (QED) is 0.168. The number of rotatable bonds is 10. The molecule has 0 aliphatic carbocycles. The van der Waals surface area contributed by atoms with Crippen LogP contribution in [0.25, 0.3) is 5.69 Å². The van der Waals surface area contributed by atoms with E-state index in [-0.39, 0.29) is 5.88 Å². The number of nitrogens with zero attached hydrogens (tertiary/aromatic N) is 3. The second-order valence-corrected chi connectivity index (χ2v) is 8.73. The summed E-state index contributed by atoms with van der Waals surface area (Å²) in [5.41, 5.74) is 4.59. The van der Waals surface area contributed by atoms with Crippen LogP contribution in [-0.2, 0) is 9.59 Å². The number of nitrogens with one attached hydrogen (secondary N) is 4. The minimum Gasteiger partial charge on any atom is -0.493 e. The normalized spacial score (nSPS) is 11.1. The molecule has 180 valence electrons. The summed E-state index contributed by atoms with van der Waals surface area (Å²) in [7, 11) is 0. The molecule has 12 nitrogen and oxygen atoms in total. The van der Waals surface area contributed by atoms with Crippen molar-refractivity contribution in [1.29, 1.82) is 0 Å². The number of hydrogen-bond donors (Lipinski definition) is 6. The topological polar surface area (TPSA) is 180 Å². The summed E-state index contributed by atoms with van der Waals surface area (Å²) in [6.07, 6.45) is 3.38. The SMILES string of the molecule is CC(C)(C(N)=O)C(=O)NCCCNc1nc(Nc2cccc(-n3c(O)c[nH]c3=O)c2)ncc1Br. The number of H-pyrrole nitrogens is 1. The molecule has 13 heteroatoms. The Kier molecular flexibility index (Phi) is 7.56. The van der Waals surface area contributed by atoms with Crippen molar-refractivity contribution in [2.45, 2.75) is 20.3 Å². The van der Waals surface area contributed by atoms with E-state index in [1.165, 1.54) is 20.0 Å². The predicted octanol–water partition coefficient (Wildman–Crippen LogP) is 1.60. The van der Waals surface area contributed by atoms with Crippen molar-refractivity contribution in [3.8, 4) is 11.6 Å². The summed E-state index contributed by atoms with van der Waals surface area (Å²) >= 11 is 3.40. The maximum Gasteiger partial charge on any atom is 0.333 e. The molecule has 0 spiro atoms. The summed E-state index contributed by atoms with van der Waals surface area (Å²) in [6, 6.07) is 6.85.